The molecule has 186 valence electrons. The van der Waals surface area contributed by atoms with Crippen LogP contribution in [0.5, 0.6) is 0 Å². The Balaban J connectivity index is 1.34. The van der Waals surface area contributed by atoms with Gasteiger partial charge in [0.05, 0.1) is 22.0 Å². The van der Waals surface area contributed by atoms with Crippen molar-refractivity contribution in [1.82, 2.24) is 19.9 Å². The normalized spacial score (nSPS) is 20.1. The van der Waals surface area contributed by atoms with Crippen molar-refractivity contribution in [3.63, 3.8) is 0 Å². The van der Waals surface area contributed by atoms with Gasteiger partial charge in [0.15, 0.2) is 5.82 Å². The van der Waals surface area contributed by atoms with Crippen molar-refractivity contribution < 1.29 is 13.7 Å². The van der Waals surface area contributed by atoms with E-state index in [1.54, 1.807) is 0 Å². The van der Waals surface area contributed by atoms with Crippen LogP contribution in [-0.2, 0) is 22.0 Å². The molecule has 2 aromatic heterocycles. The Morgan fingerprint density at radius 2 is 2.03 bits per heavy atom. The average Bonchev–Trinajstić information content (AvgIpc) is 3.18. The van der Waals surface area contributed by atoms with E-state index < -0.39 is 22.4 Å². The number of nitrogens with one attached hydrogen (secondary N) is 1. The number of aromatic nitrogens is 4. The lowest BCUT2D eigenvalue weighted by atomic mass is 9.81. The first-order valence-electron chi connectivity index (χ1n) is 12.0. The Morgan fingerprint density at radius 1 is 1.26 bits per heavy atom. The second kappa shape index (κ2) is 9.52. The first-order valence-corrected chi connectivity index (χ1v) is 13.4. The van der Waals surface area contributed by atoms with Crippen LogP contribution < -0.4 is 16.0 Å². The van der Waals surface area contributed by atoms with Gasteiger partial charge >= 0.3 is 6.09 Å². The van der Waals surface area contributed by atoms with Gasteiger partial charge in [0.2, 0.25) is 5.95 Å². The topological polar surface area (TPSA) is 136 Å². The summed E-state index contributed by atoms with van der Waals surface area (Å²) < 4.78 is 17.6. The summed E-state index contributed by atoms with van der Waals surface area (Å²) in [4.78, 5) is 32.6. The lowest BCUT2D eigenvalue weighted by Crippen LogP contribution is -2.39. The monoisotopic (exact) mass is 497 g/mol. The molecule has 1 aliphatic carbocycles. The zero-order valence-corrected chi connectivity index (χ0v) is 20.9. The van der Waals surface area contributed by atoms with Crippen LogP contribution in [0, 0.1) is 0 Å². The van der Waals surface area contributed by atoms with E-state index in [4.69, 9.17) is 20.4 Å². The minimum atomic E-state index is -1.17. The molecule has 35 heavy (non-hydrogen) atoms. The Labute approximate surface area is 207 Å². The Morgan fingerprint density at radius 3 is 2.66 bits per heavy atom. The summed E-state index contributed by atoms with van der Waals surface area (Å²) >= 11 is 0. The highest BCUT2D eigenvalue weighted by Crippen LogP contribution is 2.36. The summed E-state index contributed by atoms with van der Waals surface area (Å²) in [6, 6.07) is 0. The molecule has 1 fully saturated rings. The van der Waals surface area contributed by atoms with Gasteiger partial charge in [-0.25, -0.2) is 19.7 Å². The quantitative estimate of drug-likeness (QED) is 0.591. The van der Waals surface area contributed by atoms with Crippen molar-refractivity contribution in [1.29, 1.82) is 0 Å². The molecule has 0 aromatic carbocycles. The van der Waals surface area contributed by atoms with E-state index in [0.29, 0.717) is 41.3 Å². The SMILES string of the molecule is CC(C)(COC(N)=O)Nc1nc(N2CC=C(c3ncc(C4CCC4)cn3)CC2)nc2c1[S@](=O)CC2. The molecule has 1 amide bonds. The summed E-state index contributed by atoms with van der Waals surface area (Å²) in [5, 5.41) is 3.30. The number of carbonyl (C=O) groups is 1. The van der Waals surface area contributed by atoms with E-state index in [2.05, 4.69) is 26.3 Å². The van der Waals surface area contributed by atoms with Crippen molar-refractivity contribution in [2.24, 2.45) is 5.73 Å². The third-order valence-corrected chi connectivity index (χ3v) is 8.19. The number of nitrogens with zero attached hydrogens (tertiary/aromatic N) is 5. The standard InChI is InChI=1S/C24H31N7O3S/c1-24(2,14-34-22(25)32)30-21-19-18(8-11-35(19)33)28-23(29-21)31-9-6-16(7-10-31)20-26-12-17(13-27-20)15-4-3-5-15/h6,12-13,15H,3-5,7-11,14H2,1-2H3,(H2,25,32)(H,28,29,30)/t35-/m1/s1. The van der Waals surface area contributed by atoms with Crippen molar-refractivity contribution in [3.05, 3.63) is 35.6 Å². The highest BCUT2D eigenvalue weighted by molar-refractivity contribution is 7.85. The number of rotatable bonds is 7. The van der Waals surface area contributed by atoms with Crippen LogP contribution in [0.25, 0.3) is 5.57 Å². The largest absolute Gasteiger partial charge is 0.447 e. The number of primary amides is 1. The first-order chi connectivity index (χ1) is 16.8. The van der Waals surface area contributed by atoms with E-state index in [1.807, 2.05) is 26.2 Å². The fourth-order valence-electron chi connectivity index (χ4n) is 4.53. The van der Waals surface area contributed by atoms with Crippen LogP contribution in [0.3, 0.4) is 0 Å². The minimum Gasteiger partial charge on any atom is -0.447 e. The molecule has 0 unspecified atom stereocenters. The average molecular weight is 498 g/mol. The number of amides is 1. The summed E-state index contributed by atoms with van der Waals surface area (Å²) in [5.41, 5.74) is 7.64. The van der Waals surface area contributed by atoms with Crippen LogP contribution in [0.1, 0.15) is 62.5 Å². The van der Waals surface area contributed by atoms with E-state index in [-0.39, 0.29) is 6.61 Å². The Bertz CT molecular complexity index is 1180. The number of ether oxygens (including phenoxy) is 1. The Hall–Kier alpha value is -3.08. The maximum Gasteiger partial charge on any atom is 0.404 e. The lowest BCUT2D eigenvalue weighted by Gasteiger charge is -2.29. The van der Waals surface area contributed by atoms with Gasteiger partial charge < -0.3 is 20.7 Å². The van der Waals surface area contributed by atoms with E-state index >= 15 is 0 Å². The molecule has 5 rings (SSSR count). The molecule has 2 aromatic rings. The molecule has 1 atom stereocenters. The summed E-state index contributed by atoms with van der Waals surface area (Å²) in [6.45, 7) is 5.16. The second-order valence-corrected chi connectivity index (χ2v) is 11.5. The van der Waals surface area contributed by atoms with Crippen LogP contribution in [0.2, 0.25) is 0 Å². The molecular weight excluding hydrogens is 466 g/mol. The maximum atomic E-state index is 12.7. The number of fused-ring (bicyclic) bond motifs is 1. The second-order valence-electron chi connectivity index (χ2n) is 9.96. The van der Waals surface area contributed by atoms with Crippen molar-refractivity contribution in [3.8, 4) is 0 Å². The third kappa shape index (κ3) is 5.14. The molecule has 0 radical (unpaired) electrons. The van der Waals surface area contributed by atoms with Gasteiger partial charge in [-0.1, -0.05) is 12.5 Å². The number of aryl methyl sites for hydroxylation is 1. The lowest BCUT2D eigenvalue weighted by molar-refractivity contribution is 0.138. The zero-order valence-electron chi connectivity index (χ0n) is 20.1. The van der Waals surface area contributed by atoms with Crippen LogP contribution >= 0.6 is 0 Å². The minimum absolute atomic E-state index is 0.0540. The molecule has 3 N–H and O–H groups in total. The smallest absolute Gasteiger partial charge is 0.404 e. The molecule has 2 aliphatic heterocycles. The molecule has 1 saturated carbocycles. The highest BCUT2D eigenvalue weighted by atomic mass is 32.2. The van der Waals surface area contributed by atoms with Crippen LogP contribution in [0.4, 0.5) is 16.6 Å². The highest BCUT2D eigenvalue weighted by Gasteiger charge is 2.31. The van der Waals surface area contributed by atoms with Crippen molar-refractivity contribution in [2.75, 3.05) is 35.7 Å². The molecule has 3 aliphatic rings. The van der Waals surface area contributed by atoms with Crippen molar-refractivity contribution >= 4 is 34.2 Å². The molecule has 10 nitrogen and oxygen atoms in total. The summed E-state index contributed by atoms with van der Waals surface area (Å²) in [5.74, 6) is 3.05. The zero-order chi connectivity index (χ0) is 24.6. The molecule has 11 heteroatoms. The molecule has 0 bridgehead atoms. The van der Waals surface area contributed by atoms with Crippen LogP contribution in [-0.4, -0.2) is 61.2 Å². The number of anilines is 2. The van der Waals surface area contributed by atoms with Crippen LogP contribution in [0.15, 0.2) is 23.4 Å². The molecule has 0 spiro atoms. The van der Waals surface area contributed by atoms with E-state index in [1.165, 1.54) is 24.8 Å². The van der Waals surface area contributed by atoms with Gasteiger partial charge in [-0.2, -0.15) is 4.98 Å². The predicted molar refractivity (Wildman–Crippen MR) is 134 cm³/mol. The number of hydrogen-bond acceptors (Lipinski definition) is 9. The van der Waals surface area contributed by atoms with Gasteiger partial charge in [-0.15, -0.1) is 0 Å². The fourth-order valence-corrected chi connectivity index (χ4v) is 5.83. The van der Waals surface area contributed by atoms with Crippen molar-refractivity contribution in [2.45, 2.75) is 62.3 Å². The fraction of sp³-hybridized carbons (Fsp3) is 0.542. The van der Waals surface area contributed by atoms with Gasteiger partial charge in [-0.05, 0) is 50.2 Å². The Kier molecular flexibility index (Phi) is 6.43. The third-order valence-electron chi connectivity index (χ3n) is 6.74. The molecule has 0 saturated heterocycles. The molecule has 4 heterocycles. The first kappa shape index (κ1) is 23.7. The molecular formula is C24H31N7O3S. The number of nitrogens with two attached hydrogens (primary N) is 1. The van der Waals surface area contributed by atoms with Gasteiger partial charge in [-0.3, -0.25) is 4.21 Å². The van der Waals surface area contributed by atoms with Gasteiger partial charge in [0.1, 0.15) is 17.3 Å². The number of hydrogen-bond donors (Lipinski definition) is 2. The summed E-state index contributed by atoms with van der Waals surface area (Å²) in [6.07, 6.45) is 10.4. The predicted octanol–water partition coefficient (Wildman–Crippen LogP) is 2.78. The summed E-state index contributed by atoms with van der Waals surface area (Å²) in [7, 11) is -1.17. The number of carbonyl (C=O) groups excluding carboxylic acids is 1. The maximum absolute atomic E-state index is 12.7. The van der Waals surface area contributed by atoms with Gasteiger partial charge in [0, 0.05) is 37.7 Å². The van der Waals surface area contributed by atoms with E-state index in [0.717, 1.165) is 30.1 Å². The van der Waals surface area contributed by atoms with Gasteiger partial charge in [0.25, 0.3) is 0 Å². The van der Waals surface area contributed by atoms with E-state index in [9.17, 15) is 9.00 Å².